The maximum Gasteiger partial charge on any atom is 0.254 e. The summed E-state index contributed by atoms with van der Waals surface area (Å²) in [6.45, 7) is -0.0822. The summed E-state index contributed by atoms with van der Waals surface area (Å²) < 4.78 is 34.2. The number of amides is 1. The van der Waals surface area contributed by atoms with Gasteiger partial charge in [-0.05, 0) is 47.0 Å². The van der Waals surface area contributed by atoms with Crippen LogP contribution in [-0.4, -0.2) is 16.0 Å². The van der Waals surface area contributed by atoms with Crippen LogP contribution in [-0.2, 0) is 13.2 Å². The zero-order chi connectivity index (χ0) is 21.3. The summed E-state index contributed by atoms with van der Waals surface area (Å²) in [5, 5.41) is 9.91. The lowest BCUT2D eigenvalue weighted by Gasteiger charge is -2.08. The number of aromatic nitrogens is 1. The summed E-state index contributed by atoms with van der Waals surface area (Å²) in [5.74, 6) is -3.64. The third kappa shape index (κ3) is 3.87. The van der Waals surface area contributed by atoms with Gasteiger partial charge in [-0.1, -0.05) is 24.3 Å². The van der Waals surface area contributed by atoms with Gasteiger partial charge in [0.2, 0.25) is 0 Å². The largest absolute Gasteiger partial charge is 0.483 e. The second-order valence-electron chi connectivity index (χ2n) is 6.54. The van der Waals surface area contributed by atoms with Gasteiger partial charge in [-0.15, -0.1) is 11.3 Å². The summed E-state index contributed by atoms with van der Waals surface area (Å²) in [5.41, 5.74) is 7.68. The van der Waals surface area contributed by atoms with E-state index in [9.17, 15) is 18.7 Å². The number of carbonyl (C=O) groups excluding carboxylic acids is 1. The summed E-state index contributed by atoms with van der Waals surface area (Å²) in [6.07, 6.45) is 0. The van der Waals surface area contributed by atoms with E-state index in [-0.39, 0.29) is 19.0 Å². The van der Waals surface area contributed by atoms with Crippen molar-refractivity contribution in [2.45, 2.75) is 13.2 Å². The van der Waals surface area contributed by atoms with Crippen LogP contribution in [0.25, 0.3) is 21.3 Å². The van der Waals surface area contributed by atoms with Crippen molar-refractivity contribution in [2.24, 2.45) is 5.73 Å². The summed E-state index contributed by atoms with van der Waals surface area (Å²) in [7, 11) is 0. The molecule has 0 saturated heterocycles. The Kier molecular flexibility index (Phi) is 5.43. The highest BCUT2D eigenvalue weighted by atomic mass is 32.1. The molecule has 0 radical (unpaired) electrons. The number of hydrogen-bond acceptors (Lipinski definition) is 5. The van der Waals surface area contributed by atoms with Gasteiger partial charge in [0, 0.05) is 0 Å². The van der Waals surface area contributed by atoms with Gasteiger partial charge in [-0.3, -0.25) is 4.79 Å². The van der Waals surface area contributed by atoms with Crippen molar-refractivity contribution in [2.75, 3.05) is 0 Å². The third-order valence-electron chi connectivity index (χ3n) is 4.53. The van der Waals surface area contributed by atoms with Gasteiger partial charge < -0.3 is 15.6 Å². The topological polar surface area (TPSA) is 85.4 Å². The van der Waals surface area contributed by atoms with E-state index in [2.05, 4.69) is 4.98 Å². The van der Waals surface area contributed by atoms with Crippen LogP contribution in [0.2, 0.25) is 0 Å². The number of carbonyl (C=O) groups is 1. The zero-order valence-electron chi connectivity index (χ0n) is 15.6. The number of aliphatic hydroxyl groups is 1. The zero-order valence-corrected chi connectivity index (χ0v) is 16.4. The molecule has 0 bridgehead atoms. The molecule has 3 N–H and O–H groups in total. The van der Waals surface area contributed by atoms with Crippen LogP contribution in [0.1, 0.15) is 20.9 Å². The van der Waals surface area contributed by atoms with Crippen LogP contribution in [0.5, 0.6) is 5.75 Å². The van der Waals surface area contributed by atoms with Crippen molar-refractivity contribution in [3.8, 4) is 16.9 Å². The molecule has 152 valence electrons. The normalized spacial score (nSPS) is 11.0. The van der Waals surface area contributed by atoms with E-state index < -0.39 is 23.1 Å². The molecule has 1 amide bonds. The number of thiazole rings is 1. The van der Waals surface area contributed by atoms with Crippen molar-refractivity contribution in [3.05, 3.63) is 82.4 Å². The molecule has 0 fully saturated rings. The fourth-order valence-corrected chi connectivity index (χ4v) is 3.94. The Morgan fingerprint density at radius 1 is 1.10 bits per heavy atom. The van der Waals surface area contributed by atoms with Crippen LogP contribution in [0.4, 0.5) is 8.78 Å². The molecule has 0 aliphatic carbocycles. The summed E-state index contributed by atoms with van der Waals surface area (Å²) in [4.78, 5) is 15.8. The first-order valence-corrected chi connectivity index (χ1v) is 9.78. The van der Waals surface area contributed by atoms with Crippen LogP contribution in [0.3, 0.4) is 0 Å². The number of halogens is 2. The average molecular weight is 426 g/mol. The fourth-order valence-electron chi connectivity index (χ4n) is 3.08. The van der Waals surface area contributed by atoms with Gasteiger partial charge in [0.15, 0.2) is 11.6 Å². The maximum atomic E-state index is 14.3. The van der Waals surface area contributed by atoms with Gasteiger partial charge in [0.1, 0.15) is 23.0 Å². The Hall–Kier alpha value is -3.36. The second-order valence-corrected chi connectivity index (χ2v) is 7.65. The molecule has 0 unspecified atom stereocenters. The lowest BCUT2D eigenvalue weighted by atomic mass is 10.0. The third-order valence-corrected chi connectivity index (χ3v) is 5.54. The lowest BCUT2D eigenvalue weighted by molar-refractivity contribution is 0.0991. The SMILES string of the molecule is NC(=O)c1c(F)ccc(OCc2nc3cc(-c4cccc(CO)c4)ccc3s2)c1F. The highest BCUT2D eigenvalue weighted by molar-refractivity contribution is 7.18. The van der Waals surface area contributed by atoms with E-state index in [1.807, 2.05) is 42.5 Å². The average Bonchev–Trinajstić information content (AvgIpc) is 3.15. The van der Waals surface area contributed by atoms with E-state index in [1.165, 1.54) is 11.3 Å². The summed E-state index contributed by atoms with van der Waals surface area (Å²) >= 11 is 1.38. The molecule has 0 saturated carbocycles. The lowest BCUT2D eigenvalue weighted by Crippen LogP contribution is -2.16. The van der Waals surface area contributed by atoms with E-state index in [1.54, 1.807) is 0 Å². The molecule has 5 nitrogen and oxygen atoms in total. The number of nitrogens with two attached hydrogens (primary N) is 1. The van der Waals surface area contributed by atoms with Gasteiger partial charge in [0.25, 0.3) is 5.91 Å². The number of rotatable bonds is 6. The Balaban J connectivity index is 1.58. The van der Waals surface area contributed by atoms with E-state index >= 15 is 0 Å². The van der Waals surface area contributed by atoms with Crippen molar-refractivity contribution >= 4 is 27.5 Å². The molecule has 0 aliphatic heterocycles. The highest BCUT2D eigenvalue weighted by Crippen LogP contribution is 2.30. The molecular formula is C22H16F2N2O3S. The first-order valence-electron chi connectivity index (χ1n) is 8.96. The van der Waals surface area contributed by atoms with Crippen molar-refractivity contribution in [1.82, 2.24) is 4.98 Å². The molecule has 1 heterocycles. The second kappa shape index (κ2) is 8.17. The Bertz CT molecular complexity index is 1260. The van der Waals surface area contributed by atoms with Gasteiger partial charge in [0.05, 0.1) is 16.8 Å². The quantitative estimate of drug-likeness (QED) is 0.478. The maximum absolute atomic E-state index is 14.3. The Labute approximate surface area is 174 Å². The molecule has 0 spiro atoms. The smallest absolute Gasteiger partial charge is 0.254 e. The Morgan fingerprint density at radius 3 is 2.67 bits per heavy atom. The van der Waals surface area contributed by atoms with Gasteiger partial charge in [-0.25, -0.2) is 13.8 Å². The fraction of sp³-hybridized carbons (Fsp3) is 0.0909. The van der Waals surface area contributed by atoms with E-state index in [4.69, 9.17) is 10.5 Å². The highest BCUT2D eigenvalue weighted by Gasteiger charge is 2.19. The number of fused-ring (bicyclic) bond motifs is 1. The van der Waals surface area contributed by atoms with Crippen LogP contribution in [0, 0.1) is 11.6 Å². The molecule has 1 aromatic heterocycles. The number of ether oxygens (including phenoxy) is 1. The standard InChI is InChI=1S/C22H16F2N2O3S/c23-15-5-6-17(21(24)20(15)22(25)28)29-11-19-26-16-9-14(4-7-18(16)30-19)13-3-1-2-12(8-13)10-27/h1-9,27H,10-11H2,(H2,25,28). The number of aliphatic hydroxyl groups excluding tert-OH is 1. The molecule has 30 heavy (non-hydrogen) atoms. The molecular weight excluding hydrogens is 410 g/mol. The summed E-state index contributed by atoms with van der Waals surface area (Å²) in [6, 6.07) is 15.4. The molecule has 4 rings (SSSR count). The van der Waals surface area contributed by atoms with Crippen molar-refractivity contribution in [3.63, 3.8) is 0 Å². The van der Waals surface area contributed by atoms with E-state index in [0.29, 0.717) is 5.01 Å². The van der Waals surface area contributed by atoms with Crippen LogP contribution < -0.4 is 10.5 Å². The monoisotopic (exact) mass is 426 g/mol. The molecule has 8 heteroatoms. The van der Waals surface area contributed by atoms with Gasteiger partial charge >= 0.3 is 0 Å². The number of hydrogen-bond donors (Lipinski definition) is 2. The van der Waals surface area contributed by atoms with Crippen LogP contribution >= 0.6 is 11.3 Å². The first kappa shape index (κ1) is 19.9. The minimum absolute atomic E-state index is 0.0360. The minimum Gasteiger partial charge on any atom is -0.483 e. The first-order chi connectivity index (χ1) is 14.5. The predicted molar refractivity (Wildman–Crippen MR) is 110 cm³/mol. The van der Waals surface area contributed by atoms with Crippen molar-refractivity contribution in [1.29, 1.82) is 0 Å². The molecule has 4 aromatic rings. The molecule has 0 atom stereocenters. The Morgan fingerprint density at radius 2 is 1.90 bits per heavy atom. The van der Waals surface area contributed by atoms with E-state index in [0.717, 1.165) is 39.0 Å². The molecule has 3 aromatic carbocycles. The molecule has 0 aliphatic rings. The minimum atomic E-state index is -1.20. The van der Waals surface area contributed by atoms with Gasteiger partial charge in [-0.2, -0.15) is 0 Å². The van der Waals surface area contributed by atoms with Crippen molar-refractivity contribution < 1.29 is 23.4 Å². The number of benzene rings is 3. The number of primary amides is 1. The van der Waals surface area contributed by atoms with Crippen LogP contribution in [0.15, 0.2) is 54.6 Å². The predicted octanol–water partition coefficient (Wildman–Crippen LogP) is 4.41. The number of nitrogens with zero attached hydrogens (tertiary/aromatic N) is 1.